The second kappa shape index (κ2) is 13.0. The number of ether oxygens (including phenoxy) is 2. The molecule has 1 N–H and O–H groups in total. The SMILES string of the molecule is CC1=CCCC2(C)C(CCC23CN(CC2CCCO2)C(=O)O3)c2ccc(cc2C(=O)c2ccccc2-c2ccccc2)CC(O)CC1. The monoisotopic (exact) mass is 633 g/mol. The van der Waals surface area contributed by atoms with Crippen molar-refractivity contribution in [3.8, 4) is 11.1 Å². The first-order valence-corrected chi connectivity index (χ1v) is 17.5. The average molecular weight is 634 g/mol. The van der Waals surface area contributed by atoms with E-state index in [0.29, 0.717) is 37.1 Å². The van der Waals surface area contributed by atoms with Gasteiger partial charge in [-0.1, -0.05) is 85.3 Å². The molecule has 47 heavy (non-hydrogen) atoms. The molecule has 5 aliphatic rings. The number of hydrogen-bond acceptors (Lipinski definition) is 5. The minimum absolute atomic E-state index is 0.00893. The van der Waals surface area contributed by atoms with E-state index in [9.17, 15) is 14.7 Å². The van der Waals surface area contributed by atoms with Crippen LogP contribution in [-0.2, 0) is 15.9 Å². The summed E-state index contributed by atoms with van der Waals surface area (Å²) in [5.41, 5.74) is 5.48. The molecule has 2 bridgehead atoms. The van der Waals surface area contributed by atoms with E-state index in [0.717, 1.165) is 73.8 Å². The predicted molar refractivity (Wildman–Crippen MR) is 184 cm³/mol. The molecule has 5 atom stereocenters. The molecule has 6 nitrogen and oxygen atoms in total. The number of carbonyl (C=O) groups excluding carboxylic acids is 2. The van der Waals surface area contributed by atoms with E-state index in [1.807, 2.05) is 65.6 Å². The number of aliphatic hydroxyl groups is 1. The largest absolute Gasteiger partial charge is 0.440 e. The summed E-state index contributed by atoms with van der Waals surface area (Å²) >= 11 is 0. The summed E-state index contributed by atoms with van der Waals surface area (Å²) in [4.78, 5) is 30.2. The van der Waals surface area contributed by atoms with Gasteiger partial charge in [0.1, 0.15) is 5.60 Å². The van der Waals surface area contributed by atoms with Crippen molar-refractivity contribution in [3.05, 3.63) is 107 Å². The van der Waals surface area contributed by atoms with Crippen LogP contribution in [-0.4, -0.2) is 59.4 Å². The molecule has 3 aromatic rings. The second-order valence-corrected chi connectivity index (χ2v) is 14.5. The summed E-state index contributed by atoms with van der Waals surface area (Å²) in [7, 11) is 0. The second-order valence-electron chi connectivity index (χ2n) is 14.5. The van der Waals surface area contributed by atoms with Gasteiger partial charge in [-0.3, -0.25) is 4.79 Å². The molecule has 3 fully saturated rings. The Morgan fingerprint density at radius 1 is 0.979 bits per heavy atom. The number of aliphatic hydroxyl groups excluding tert-OH is 1. The quantitative estimate of drug-likeness (QED) is 0.226. The van der Waals surface area contributed by atoms with Crippen molar-refractivity contribution in [2.24, 2.45) is 5.41 Å². The number of rotatable bonds is 5. The van der Waals surface area contributed by atoms with Crippen LogP contribution < -0.4 is 0 Å². The van der Waals surface area contributed by atoms with Gasteiger partial charge in [-0.15, -0.1) is 0 Å². The zero-order valence-electron chi connectivity index (χ0n) is 27.8. The van der Waals surface area contributed by atoms with Crippen molar-refractivity contribution in [2.45, 2.75) is 95.4 Å². The smallest absolute Gasteiger partial charge is 0.410 e. The number of amides is 1. The molecule has 1 spiro atoms. The fraction of sp³-hybridized carbons (Fsp3) is 0.463. The molecule has 1 saturated carbocycles. The first-order valence-electron chi connectivity index (χ1n) is 17.5. The van der Waals surface area contributed by atoms with Gasteiger partial charge in [-0.05, 0) is 98.9 Å². The minimum atomic E-state index is -0.650. The van der Waals surface area contributed by atoms with Crippen LogP contribution in [0.3, 0.4) is 0 Å². The van der Waals surface area contributed by atoms with E-state index in [-0.39, 0.29) is 23.9 Å². The van der Waals surface area contributed by atoms with Gasteiger partial charge in [0.05, 0.1) is 25.3 Å². The number of nitrogens with zero attached hydrogens (tertiary/aromatic N) is 1. The molecule has 3 aliphatic carbocycles. The molecule has 246 valence electrons. The topological polar surface area (TPSA) is 76.1 Å². The lowest BCUT2D eigenvalue weighted by Crippen LogP contribution is -2.48. The maximum absolute atomic E-state index is 14.8. The Hall–Kier alpha value is -3.74. The van der Waals surface area contributed by atoms with E-state index in [4.69, 9.17) is 9.47 Å². The van der Waals surface area contributed by atoms with Gasteiger partial charge >= 0.3 is 6.09 Å². The van der Waals surface area contributed by atoms with Crippen molar-refractivity contribution >= 4 is 11.9 Å². The van der Waals surface area contributed by atoms with E-state index in [1.54, 1.807) is 0 Å². The van der Waals surface area contributed by atoms with Crippen LogP contribution in [0.25, 0.3) is 11.1 Å². The maximum atomic E-state index is 14.8. The lowest BCUT2D eigenvalue weighted by Gasteiger charge is -2.43. The highest BCUT2D eigenvalue weighted by molar-refractivity contribution is 6.13. The standard InChI is InChI=1S/C41H47NO5/c1-28-10-8-21-40(2)37(20-22-41(40)27-42(39(45)47-41)26-32-13-9-23-46-32)34-19-17-29(24-31(43)18-16-28)25-36(34)38(44)35-15-7-6-14-33(35)30-11-4-3-5-12-30/h3-7,10-12,14-15,17,19,25,31-32,37,43H,8-9,13,16,18,20-24,26-27H2,1-2H3. The van der Waals surface area contributed by atoms with Crippen molar-refractivity contribution in [3.63, 3.8) is 0 Å². The fourth-order valence-corrected chi connectivity index (χ4v) is 8.85. The molecule has 2 saturated heterocycles. The van der Waals surface area contributed by atoms with E-state index < -0.39 is 17.1 Å². The van der Waals surface area contributed by atoms with Gasteiger partial charge in [-0.2, -0.15) is 0 Å². The van der Waals surface area contributed by atoms with Crippen molar-refractivity contribution < 1.29 is 24.2 Å². The molecular formula is C41H47NO5. The first kappa shape index (κ1) is 31.8. The number of ketones is 1. The molecule has 1 amide bonds. The van der Waals surface area contributed by atoms with Gasteiger partial charge in [-0.25, -0.2) is 4.79 Å². The summed E-state index contributed by atoms with van der Waals surface area (Å²) in [6.07, 6.45) is 8.87. The Morgan fingerprint density at radius 2 is 1.79 bits per heavy atom. The highest BCUT2D eigenvalue weighted by Gasteiger charge is 2.64. The Kier molecular flexibility index (Phi) is 8.84. The molecular weight excluding hydrogens is 586 g/mol. The molecule has 6 heteroatoms. The van der Waals surface area contributed by atoms with Crippen LogP contribution in [0.5, 0.6) is 0 Å². The number of benzene rings is 3. The lowest BCUT2D eigenvalue weighted by atomic mass is 9.64. The van der Waals surface area contributed by atoms with Crippen LogP contribution in [0, 0.1) is 5.41 Å². The Labute approximate surface area is 278 Å². The number of hydrogen-bond donors (Lipinski definition) is 1. The van der Waals surface area contributed by atoms with Gasteiger partial charge < -0.3 is 19.5 Å². The summed E-state index contributed by atoms with van der Waals surface area (Å²) < 4.78 is 12.4. The zero-order valence-corrected chi connectivity index (χ0v) is 27.8. The van der Waals surface area contributed by atoms with Gasteiger partial charge in [0.2, 0.25) is 0 Å². The van der Waals surface area contributed by atoms with Crippen LogP contribution in [0.2, 0.25) is 0 Å². The first-order chi connectivity index (χ1) is 22.8. The van der Waals surface area contributed by atoms with Gasteiger partial charge in [0, 0.05) is 23.1 Å². The fourth-order valence-electron chi connectivity index (χ4n) is 8.85. The third-order valence-electron chi connectivity index (χ3n) is 11.6. The van der Waals surface area contributed by atoms with Gasteiger partial charge in [0.25, 0.3) is 0 Å². The zero-order chi connectivity index (χ0) is 32.6. The number of carbonyl (C=O) groups is 2. The summed E-state index contributed by atoms with van der Waals surface area (Å²) in [6, 6.07) is 24.2. The van der Waals surface area contributed by atoms with E-state index in [2.05, 4.69) is 32.1 Å². The summed E-state index contributed by atoms with van der Waals surface area (Å²) in [6.45, 7) is 6.31. The molecule has 0 aromatic heterocycles. The van der Waals surface area contributed by atoms with E-state index in [1.165, 1.54) is 5.57 Å². The Bertz CT molecular complexity index is 1660. The van der Waals surface area contributed by atoms with E-state index >= 15 is 0 Å². The number of allylic oxidation sites excluding steroid dienone is 2. The Balaban J connectivity index is 1.32. The van der Waals surface area contributed by atoms with Gasteiger partial charge in [0.15, 0.2) is 5.78 Å². The molecule has 2 heterocycles. The van der Waals surface area contributed by atoms with Crippen LogP contribution >= 0.6 is 0 Å². The highest BCUT2D eigenvalue weighted by atomic mass is 16.6. The molecule has 8 rings (SSSR count). The van der Waals surface area contributed by atoms with Crippen LogP contribution in [0.1, 0.15) is 98.2 Å². The maximum Gasteiger partial charge on any atom is 0.410 e. The molecule has 5 unspecified atom stereocenters. The third kappa shape index (κ3) is 6.07. The van der Waals surface area contributed by atoms with Crippen molar-refractivity contribution in [2.75, 3.05) is 19.7 Å². The summed E-state index contributed by atoms with van der Waals surface area (Å²) in [5, 5.41) is 11.0. The lowest BCUT2D eigenvalue weighted by molar-refractivity contribution is -0.0374. The van der Waals surface area contributed by atoms with Crippen LogP contribution in [0.4, 0.5) is 4.79 Å². The highest BCUT2D eigenvalue weighted by Crippen LogP contribution is 2.61. The van der Waals surface area contributed by atoms with Crippen molar-refractivity contribution in [1.82, 2.24) is 4.90 Å². The summed E-state index contributed by atoms with van der Waals surface area (Å²) in [5.74, 6) is 0.00166. The normalized spacial score (nSPS) is 29.4. The molecule has 3 aromatic carbocycles. The van der Waals surface area contributed by atoms with Crippen LogP contribution in [0.15, 0.2) is 84.4 Å². The third-order valence-corrected chi connectivity index (χ3v) is 11.6. The Morgan fingerprint density at radius 3 is 2.60 bits per heavy atom. The number of fused-ring (bicyclic) bond motifs is 8. The molecule has 2 aliphatic heterocycles. The predicted octanol–water partition coefficient (Wildman–Crippen LogP) is 8.26. The molecule has 0 radical (unpaired) electrons. The van der Waals surface area contributed by atoms with Crippen molar-refractivity contribution in [1.29, 1.82) is 0 Å². The minimum Gasteiger partial charge on any atom is -0.440 e. The average Bonchev–Trinajstić information content (AvgIpc) is 3.78.